The lowest BCUT2D eigenvalue weighted by atomic mass is 9.99. The van der Waals surface area contributed by atoms with Crippen LogP contribution in [0.3, 0.4) is 0 Å². The van der Waals surface area contributed by atoms with E-state index in [1.54, 1.807) is 0 Å². The number of aliphatic hydroxyl groups is 1. The second kappa shape index (κ2) is 74.5. The van der Waals surface area contributed by atoms with E-state index in [1.165, 1.54) is 257 Å². The number of carbonyl (C=O) groups is 4. The minimum atomic E-state index is -4.96. The van der Waals surface area contributed by atoms with Gasteiger partial charge in [-0.25, -0.2) is 9.13 Å². The van der Waals surface area contributed by atoms with E-state index in [-0.39, 0.29) is 25.7 Å². The molecule has 0 spiro atoms. The number of esters is 4. The Balaban J connectivity index is 5.25. The Kier molecular flexibility index (Phi) is 73.1. The first kappa shape index (κ1) is 100. The highest BCUT2D eigenvalue weighted by molar-refractivity contribution is 7.47. The molecule has 0 aromatic rings. The van der Waals surface area contributed by atoms with Gasteiger partial charge in [-0.05, 0) is 37.5 Å². The van der Waals surface area contributed by atoms with Crippen molar-refractivity contribution in [3.63, 3.8) is 0 Å². The summed E-state index contributed by atoms with van der Waals surface area (Å²) in [5.74, 6) is -0.511. The van der Waals surface area contributed by atoms with Crippen molar-refractivity contribution in [1.82, 2.24) is 0 Å². The van der Waals surface area contributed by atoms with Gasteiger partial charge in [0.25, 0.3) is 0 Å². The van der Waals surface area contributed by atoms with Crippen molar-refractivity contribution < 1.29 is 80.2 Å². The molecule has 0 saturated heterocycles. The average Bonchev–Trinajstić information content (AvgIpc) is 1.25. The van der Waals surface area contributed by atoms with Gasteiger partial charge in [0, 0.05) is 25.7 Å². The van der Waals surface area contributed by atoms with Gasteiger partial charge in [-0.3, -0.25) is 37.3 Å². The number of phosphoric acid groups is 2. The minimum absolute atomic E-state index is 0.107. The molecule has 102 heavy (non-hydrogen) atoms. The molecule has 3 N–H and O–H groups in total. The van der Waals surface area contributed by atoms with Gasteiger partial charge in [0.05, 0.1) is 26.4 Å². The summed E-state index contributed by atoms with van der Waals surface area (Å²) in [6.45, 7) is 9.69. The SMILES string of the molecule is CCCCCCCCCCCCCCCCCCCCCCC(=O)O[C@H](COC(=O)CCCCCCCCCCCCCCCC(C)C)COP(=O)(O)OC[C@@H](O)COP(=O)(O)OC[C@@H](COC(=O)CCCCCCCCCCCCCC)OC(=O)CCCCCCCCCCCCC(C)CC. The molecule has 0 rings (SSSR count). The fraction of sp³-hybridized carbons (Fsp3) is 0.952. The highest BCUT2D eigenvalue weighted by Crippen LogP contribution is 2.45. The topological polar surface area (TPSA) is 237 Å². The third-order valence-corrected chi connectivity index (χ3v) is 21.7. The monoisotopic (exact) mass is 1490 g/mol. The van der Waals surface area contributed by atoms with Crippen LogP contribution in [0, 0.1) is 11.8 Å². The zero-order valence-corrected chi connectivity index (χ0v) is 68.7. The van der Waals surface area contributed by atoms with Crippen LogP contribution in [0.2, 0.25) is 0 Å². The Morgan fingerprint density at radius 2 is 0.500 bits per heavy atom. The fourth-order valence-corrected chi connectivity index (χ4v) is 14.4. The zero-order valence-electron chi connectivity index (χ0n) is 66.9. The first-order chi connectivity index (χ1) is 49.4. The van der Waals surface area contributed by atoms with Gasteiger partial charge >= 0.3 is 39.5 Å². The number of carbonyl (C=O) groups excluding carboxylic acids is 4. The van der Waals surface area contributed by atoms with Gasteiger partial charge in [-0.15, -0.1) is 0 Å². The first-order valence-electron chi connectivity index (χ1n) is 43.0. The van der Waals surface area contributed by atoms with Crippen LogP contribution < -0.4 is 0 Å². The molecule has 0 aliphatic carbocycles. The first-order valence-corrected chi connectivity index (χ1v) is 46.0. The maximum absolute atomic E-state index is 13.1. The van der Waals surface area contributed by atoms with E-state index >= 15 is 0 Å². The summed E-state index contributed by atoms with van der Waals surface area (Å²) in [5, 5.41) is 10.7. The molecule has 19 heteroatoms. The van der Waals surface area contributed by atoms with Crippen LogP contribution in [0.1, 0.15) is 440 Å². The van der Waals surface area contributed by atoms with E-state index in [0.29, 0.717) is 25.7 Å². The number of ether oxygens (including phenoxy) is 4. The van der Waals surface area contributed by atoms with Crippen LogP contribution in [-0.2, 0) is 65.4 Å². The number of rotatable bonds is 82. The second-order valence-corrected chi connectivity index (χ2v) is 33.5. The van der Waals surface area contributed by atoms with E-state index in [1.807, 2.05) is 0 Å². The maximum atomic E-state index is 13.1. The molecule has 3 unspecified atom stereocenters. The lowest BCUT2D eigenvalue weighted by Crippen LogP contribution is -2.30. The van der Waals surface area contributed by atoms with E-state index in [9.17, 15) is 43.2 Å². The summed E-state index contributed by atoms with van der Waals surface area (Å²) in [4.78, 5) is 73.1. The number of aliphatic hydroxyl groups excluding tert-OH is 1. The second-order valence-electron chi connectivity index (χ2n) is 30.6. The zero-order chi connectivity index (χ0) is 74.9. The van der Waals surface area contributed by atoms with Gasteiger partial charge in [0.2, 0.25) is 0 Å². The molecule has 0 amide bonds. The van der Waals surface area contributed by atoms with Crippen molar-refractivity contribution in [1.29, 1.82) is 0 Å². The van der Waals surface area contributed by atoms with Gasteiger partial charge in [-0.1, -0.05) is 388 Å². The molecule has 17 nitrogen and oxygen atoms in total. The third kappa shape index (κ3) is 74.9. The Morgan fingerprint density at radius 1 is 0.284 bits per heavy atom. The van der Waals surface area contributed by atoms with Crippen LogP contribution in [-0.4, -0.2) is 96.7 Å². The summed E-state index contributed by atoms with van der Waals surface area (Å²) < 4.78 is 68.8. The van der Waals surface area contributed by atoms with Crippen LogP contribution in [0.25, 0.3) is 0 Å². The third-order valence-electron chi connectivity index (χ3n) is 19.8. The smallest absolute Gasteiger partial charge is 0.462 e. The number of phosphoric ester groups is 2. The van der Waals surface area contributed by atoms with Gasteiger partial charge in [-0.2, -0.15) is 0 Å². The van der Waals surface area contributed by atoms with Crippen LogP contribution in [0.4, 0.5) is 0 Å². The summed E-state index contributed by atoms with van der Waals surface area (Å²) in [5.41, 5.74) is 0. The molecule has 606 valence electrons. The quantitative estimate of drug-likeness (QED) is 0.0222. The fourth-order valence-electron chi connectivity index (χ4n) is 12.9. The molecule has 6 atom stereocenters. The largest absolute Gasteiger partial charge is 0.472 e. The van der Waals surface area contributed by atoms with Gasteiger partial charge < -0.3 is 33.8 Å². The number of hydrogen-bond acceptors (Lipinski definition) is 15. The Morgan fingerprint density at radius 3 is 0.745 bits per heavy atom. The van der Waals surface area contributed by atoms with Crippen LogP contribution in [0.5, 0.6) is 0 Å². The Labute approximate surface area is 626 Å². The molecule has 0 bridgehead atoms. The maximum Gasteiger partial charge on any atom is 0.472 e. The highest BCUT2D eigenvalue weighted by Gasteiger charge is 2.30. The molecule has 0 radical (unpaired) electrons. The molecular formula is C83H162O17P2. The summed E-state index contributed by atoms with van der Waals surface area (Å²) in [7, 11) is -9.92. The molecule has 0 aliphatic rings. The molecule has 0 saturated carbocycles. The molecule has 0 aliphatic heterocycles. The van der Waals surface area contributed by atoms with Gasteiger partial charge in [0.15, 0.2) is 12.2 Å². The molecular weight excluding hydrogens is 1330 g/mol. The van der Waals surface area contributed by atoms with E-state index in [0.717, 1.165) is 102 Å². The normalized spacial score (nSPS) is 14.1. The average molecular weight is 1490 g/mol. The summed E-state index contributed by atoms with van der Waals surface area (Å²) >= 11 is 0. The molecule has 0 fully saturated rings. The van der Waals surface area contributed by atoms with Crippen molar-refractivity contribution in [3.8, 4) is 0 Å². The van der Waals surface area contributed by atoms with Crippen molar-refractivity contribution >= 4 is 39.5 Å². The predicted octanol–water partition coefficient (Wildman–Crippen LogP) is 25.1. The Bertz CT molecular complexity index is 1960. The van der Waals surface area contributed by atoms with Crippen molar-refractivity contribution in [2.24, 2.45) is 11.8 Å². The van der Waals surface area contributed by atoms with E-state index in [4.69, 9.17) is 37.0 Å². The molecule has 0 heterocycles. The minimum Gasteiger partial charge on any atom is -0.462 e. The highest BCUT2D eigenvalue weighted by atomic mass is 31.2. The lowest BCUT2D eigenvalue weighted by Gasteiger charge is -2.21. The van der Waals surface area contributed by atoms with Crippen molar-refractivity contribution in [2.45, 2.75) is 458 Å². The standard InChI is InChI=1S/C83H162O17P2/c1-7-10-12-14-16-18-20-22-23-24-25-26-27-28-31-36-43-49-55-61-67-82(87)99-78(71-94-81(86)66-60-54-48-42-35-32-29-30-33-39-45-51-57-63-75(4)5)73-97-101(89,90)95-69-77(84)70-96-102(91,92)98-74-79(72-93-80(85)65-59-53-47-41-34-21-19-17-15-13-11-8-2)100-83(88)68-62-56-50-44-38-37-40-46-52-58-64-76(6)9-3/h75-79,84H,7-74H2,1-6H3,(H,89,90)(H,91,92)/t76?,77-,78-,79-/m1/s1. The van der Waals surface area contributed by atoms with E-state index < -0.39 is 97.5 Å². The molecule has 0 aromatic heterocycles. The lowest BCUT2D eigenvalue weighted by molar-refractivity contribution is -0.161. The number of unbranched alkanes of at least 4 members (excludes halogenated alkanes) is 51. The van der Waals surface area contributed by atoms with Crippen LogP contribution >= 0.6 is 15.6 Å². The van der Waals surface area contributed by atoms with Crippen molar-refractivity contribution in [2.75, 3.05) is 39.6 Å². The predicted molar refractivity (Wildman–Crippen MR) is 418 cm³/mol. The van der Waals surface area contributed by atoms with Crippen LogP contribution in [0.15, 0.2) is 0 Å². The van der Waals surface area contributed by atoms with Crippen molar-refractivity contribution in [3.05, 3.63) is 0 Å². The number of hydrogen-bond donors (Lipinski definition) is 3. The summed E-state index contributed by atoms with van der Waals surface area (Å²) in [6.07, 6.45) is 65.1. The summed E-state index contributed by atoms with van der Waals surface area (Å²) in [6, 6.07) is 0. The Hall–Kier alpha value is -1.94. The molecule has 0 aromatic carbocycles. The van der Waals surface area contributed by atoms with Gasteiger partial charge in [0.1, 0.15) is 19.3 Å². The van der Waals surface area contributed by atoms with E-state index in [2.05, 4.69) is 41.5 Å².